The van der Waals surface area contributed by atoms with Crippen LogP contribution < -0.4 is 4.90 Å². The molecule has 0 saturated heterocycles. The molecule has 0 spiro atoms. The summed E-state index contributed by atoms with van der Waals surface area (Å²) in [6.45, 7) is 4.66. The van der Waals surface area contributed by atoms with Gasteiger partial charge in [-0.3, -0.25) is 9.47 Å². The molecule has 7 aromatic rings. The first-order valence-electron chi connectivity index (χ1n) is 14.8. The molecule has 206 valence electrons. The summed E-state index contributed by atoms with van der Waals surface area (Å²) in [5, 5.41) is 1.17. The highest BCUT2D eigenvalue weighted by Crippen LogP contribution is 2.52. The molecule has 0 N–H and O–H groups in total. The lowest BCUT2D eigenvalue weighted by molar-refractivity contribution is 0.631. The van der Waals surface area contributed by atoms with Crippen molar-refractivity contribution in [1.29, 1.82) is 0 Å². The Morgan fingerprint density at radius 2 is 1.07 bits per heavy atom. The number of hydrogen-bond acceptors (Lipinski definition) is 2. The van der Waals surface area contributed by atoms with Crippen molar-refractivity contribution in [3.8, 4) is 28.2 Å². The molecule has 1 aliphatic heterocycles. The quantitative estimate of drug-likeness (QED) is 0.216. The zero-order valence-electron chi connectivity index (χ0n) is 24.3. The summed E-state index contributed by atoms with van der Waals surface area (Å²) >= 11 is 0. The lowest BCUT2D eigenvalue weighted by Crippen LogP contribution is -2.31. The van der Waals surface area contributed by atoms with Gasteiger partial charge in [-0.05, 0) is 58.7 Å². The number of nitrogens with zero attached hydrogens (tertiary/aromatic N) is 3. The van der Waals surface area contributed by atoms with Crippen LogP contribution in [0.3, 0.4) is 0 Å². The molecule has 1 aliphatic rings. The van der Waals surface area contributed by atoms with Gasteiger partial charge >= 0.3 is 0 Å². The Morgan fingerprint density at radius 3 is 1.74 bits per heavy atom. The van der Waals surface area contributed by atoms with Gasteiger partial charge in [0.2, 0.25) is 0 Å². The molecular formula is C40H31N3. The number of fused-ring (bicyclic) bond motifs is 3. The van der Waals surface area contributed by atoms with Gasteiger partial charge < -0.3 is 0 Å². The molecule has 0 atom stereocenters. The third-order valence-electron chi connectivity index (χ3n) is 8.77. The summed E-state index contributed by atoms with van der Waals surface area (Å²) in [4.78, 5) is 7.78. The Balaban J connectivity index is 1.45. The third kappa shape index (κ3) is 4.08. The molecule has 0 fully saturated rings. The van der Waals surface area contributed by atoms with Crippen LogP contribution in [0.4, 0.5) is 17.2 Å². The lowest BCUT2D eigenvalue weighted by atomic mass is 9.73. The summed E-state index contributed by atoms with van der Waals surface area (Å²) in [5.41, 5.74) is 10.3. The maximum atomic E-state index is 5.35. The zero-order chi connectivity index (χ0) is 29.0. The summed E-state index contributed by atoms with van der Waals surface area (Å²) in [6, 6.07) is 54.0. The van der Waals surface area contributed by atoms with Crippen LogP contribution in [0.1, 0.15) is 25.0 Å². The molecule has 3 heteroatoms. The second-order valence-electron chi connectivity index (χ2n) is 11.7. The fourth-order valence-corrected chi connectivity index (χ4v) is 6.65. The Bertz CT molecular complexity index is 2000. The Hall–Kier alpha value is -5.41. The van der Waals surface area contributed by atoms with Crippen molar-refractivity contribution < 1.29 is 0 Å². The van der Waals surface area contributed by atoms with E-state index < -0.39 is 0 Å². The molecular weight excluding hydrogens is 522 g/mol. The molecule has 2 aromatic heterocycles. The normalized spacial score (nSPS) is 13.5. The lowest BCUT2D eigenvalue weighted by Gasteiger charge is -2.42. The van der Waals surface area contributed by atoms with Gasteiger partial charge in [0, 0.05) is 16.4 Å². The third-order valence-corrected chi connectivity index (χ3v) is 8.77. The van der Waals surface area contributed by atoms with E-state index in [0.717, 1.165) is 39.5 Å². The summed E-state index contributed by atoms with van der Waals surface area (Å²) in [5.74, 6) is 1.95. The Kier molecular flexibility index (Phi) is 5.80. The van der Waals surface area contributed by atoms with Crippen LogP contribution in [0.15, 0.2) is 152 Å². The van der Waals surface area contributed by atoms with Crippen molar-refractivity contribution >= 4 is 28.1 Å². The van der Waals surface area contributed by atoms with Crippen LogP contribution in [0.5, 0.6) is 0 Å². The van der Waals surface area contributed by atoms with Crippen molar-refractivity contribution in [3.05, 3.63) is 163 Å². The number of benzene rings is 5. The van der Waals surface area contributed by atoms with Crippen LogP contribution in [0.2, 0.25) is 0 Å². The molecule has 0 aliphatic carbocycles. The molecule has 0 radical (unpaired) electrons. The van der Waals surface area contributed by atoms with Crippen LogP contribution in [0.25, 0.3) is 39.1 Å². The summed E-state index contributed by atoms with van der Waals surface area (Å²) in [7, 11) is 0. The largest absolute Gasteiger partial charge is 0.295 e. The summed E-state index contributed by atoms with van der Waals surface area (Å²) < 4.78 is 2.33. The fraction of sp³-hybridized carbons (Fsp3) is 0.0750. The smallest absolute Gasteiger partial charge is 0.140 e. The van der Waals surface area contributed by atoms with Gasteiger partial charge in [0.25, 0.3) is 0 Å². The van der Waals surface area contributed by atoms with Gasteiger partial charge in [0.05, 0.1) is 22.6 Å². The topological polar surface area (TPSA) is 21.1 Å². The van der Waals surface area contributed by atoms with Crippen molar-refractivity contribution in [2.24, 2.45) is 0 Å². The van der Waals surface area contributed by atoms with Gasteiger partial charge in [-0.15, -0.1) is 0 Å². The van der Waals surface area contributed by atoms with E-state index in [0.29, 0.717) is 0 Å². The predicted octanol–water partition coefficient (Wildman–Crippen LogP) is 10.5. The van der Waals surface area contributed by atoms with E-state index in [1.807, 2.05) is 0 Å². The minimum absolute atomic E-state index is 0.132. The van der Waals surface area contributed by atoms with Gasteiger partial charge in [0.15, 0.2) is 0 Å². The fourth-order valence-electron chi connectivity index (χ4n) is 6.65. The first-order valence-corrected chi connectivity index (χ1v) is 14.8. The Morgan fingerprint density at radius 1 is 0.512 bits per heavy atom. The van der Waals surface area contributed by atoms with Crippen LogP contribution in [-0.4, -0.2) is 9.55 Å². The molecule has 0 amide bonds. The van der Waals surface area contributed by atoms with E-state index in [9.17, 15) is 0 Å². The average Bonchev–Trinajstić information content (AvgIpc) is 3.45. The second-order valence-corrected chi connectivity index (χ2v) is 11.7. The molecule has 3 nitrogen and oxygen atoms in total. The Labute approximate surface area is 252 Å². The van der Waals surface area contributed by atoms with Crippen LogP contribution in [0, 0.1) is 0 Å². The highest BCUT2D eigenvalue weighted by molar-refractivity contribution is 5.94. The molecule has 0 unspecified atom stereocenters. The number of aromatic nitrogens is 2. The average molecular weight is 554 g/mol. The van der Waals surface area contributed by atoms with Gasteiger partial charge in [-0.25, -0.2) is 4.98 Å². The van der Waals surface area contributed by atoms with Gasteiger partial charge in [-0.1, -0.05) is 129 Å². The summed E-state index contributed by atoms with van der Waals surface area (Å²) in [6.07, 6.45) is 0. The maximum absolute atomic E-state index is 5.35. The molecule has 3 heterocycles. The second kappa shape index (κ2) is 9.85. The maximum Gasteiger partial charge on any atom is 0.140 e. The highest BCUT2D eigenvalue weighted by atomic mass is 15.3. The van der Waals surface area contributed by atoms with Crippen molar-refractivity contribution in [3.63, 3.8) is 0 Å². The van der Waals surface area contributed by atoms with Gasteiger partial charge in [-0.2, -0.15) is 0 Å². The van der Waals surface area contributed by atoms with E-state index in [-0.39, 0.29) is 5.41 Å². The van der Waals surface area contributed by atoms with E-state index in [1.165, 1.54) is 27.9 Å². The van der Waals surface area contributed by atoms with Crippen molar-refractivity contribution in [1.82, 2.24) is 9.55 Å². The van der Waals surface area contributed by atoms with Crippen molar-refractivity contribution in [2.75, 3.05) is 4.90 Å². The minimum atomic E-state index is -0.132. The van der Waals surface area contributed by atoms with Gasteiger partial charge in [0.1, 0.15) is 11.6 Å². The number of para-hydroxylation sites is 3. The predicted molar refractivity (Wildman–Crippen MR) is 179 cm³/mol. The number of hydrogen-bond donors (Lipinski definition) is 0. The van der Waals surface area contributed by atoms with E-state index in [2.05, 4.69) is 175 Å². The molecule has 43 heavy (non-hydrogen) atoms. The van der Waals surface area contributed by atoms with Crippen LogP contribution in [-0.2, 0) is 5.41 Å². The highest BCUT2D eigenvalue weighted by Gasteiger charge is 2.37. The standard InChI is InChI=1S/C40H31N3/c1-40(2)32-20-10-13-23-36(32)42(37-24-14-11-21-33(37)40)39-27-30-19-9-12-22-35(30)43(39)38-26-31(28-15-5-3-6-16-28)25-34(41-38)29-17-7-4-8-18-29/h3-27H,1-2H3. The van der Waals surface area contributed by atoms with E-state index in [1.54, 1.807) is 0 Å². The van der Waals surface area contributed by atoms with Crippen LogP contribution >= 0.6 is 0 Å². The zero-order valence-corrected chi connectivity index (χ0v) is 24.3. The van der Waals surface area contributed by atoms with E-state index >= 15 is 0 Å². The van der Waals surface area contributed by atoms with Crippen molar-refractivity contribution in [2.45, 2.75) is 19.3 Å². The number of anilines is 3. The molecule has 0 saturated carbocycles. The minimum Gasteiger partial charge on any atom is -0.295 e. The molecule has 5 aromatic carbocycles. The SMILES string of the molecule is CC1(C)c2ccccc2N(c2cc3ccccc3n2-c2cc(-c3ccccc3)cc(-c3ccccc3)n2)c2ccccc21. The number of pyridine rings is 1. The van der Waals surface area contributed by atoms with E-state index in [4.69, 9.17) is 4.98 Å². The molecule has 0 bridgehead atoms. The number of rotatable bonds is 4. The first-order chi connectivity index (χ1) is 21.1. The monoisotopic (exact) mass is 553 g/mol. The first kappa shape index (κ1) is 25.3. The molecule has 8 rings (SSSR count).